The Balaban J connectivity index is 1.68. The van der Waals surface area contributed by atoms with Crippen molar-refractivity contribution >= 4 is 21.7 Å². The van der Waals surface area contributed by atoms with E-state index in [0.717, 1.165) is 22.9 Å². The zero-order chi connectivity index (χ0) is 27.7. The molecule has 2 fully saturated rings. The molecule has 2 aromatic rings. The van der Waals surface area contributed by atoms with Crippen LogP contribution in [0.4, 0.5) is 13.2 Å². The molecule has 8 nitrogen and oxygen atoms in total. The molecule has 2 aliphatic rings. The van der Waals surface area contributed by atoms with E-state index >= 15 is 0 Å². The van der Waals surface area contributed by atoms with Crippen molar-refractivity contribution < 1.29 is 31.2 Å². The molecule has 0 aromatic heterocycles. The van der Waals surface area contributed by atoms with Gasteiger partial charge >= 0.3 is 6.18 Å². The van der Waals surface area contributed by atoms with Crippen molar-refractivity contribution in [2.45, 2.75) is 48.8 Å². The third kappa shape index (κ3) is 5.18. The standard InChI is InChI=1S/C26H27F3N4O4S/c27-26(28,29)21-9-7-18(8-10-21)15-32-12-3-1-2-11-25(32,24(31)35)23(34)20-5-4-6-22(13-20)38(36,37)33-16-19(14-30)17-33/h4-10,13,19H,1-3,11-12,15-17H2,(H2,31,35)/t25-/m1/s1. The minimum absolute atomic E-state index is 0.00807. The van der Waals surface area contributed by atoms with E-state index in [1.807, 2.05) is 6.07 Å². The summed E-state index contributed by atoms with van der Waals surface area (Å²) in [6, 6.07) is 11.9. The lowest BCUT2D eigenvalue weighted by Crippen LogP contribution is -2.62. The first-order valence-electron chi connectivity index (χ1n) is 12.2. The third-order valence-electron chi connectivity index (χ3n) is 7.21. The molecule has 1 amide bonds. The smallest absolute Gasteiger partial charge is 0.368 e. The van der Waals surface area contributed by atoms with Crippen LogP contribution in [0.15, 0.2) is 53.4 Å². The second-order valence-corrected chi connectivity index (χ2v) is 11.6. The van der Waals surface area contributed by atoms with Gasteiger partial charge in [-0.15, -0.1) is 0 Å². The van der Waals surface area contributed by atoms with E-state index in [9.17, 15) is 31.2 Å². The van der Waals surface area contributed by atoms with Crippen molar-refractivity contribution in [1.82, 2.24) is 9.21 Å². The van der Waals surface area contributed by atoms with Gasteiger partial charge in [-0.25, -0.2) is 8.42 Å². The number of Topliss-reactive ketones (excluding diaryl/α,β-unsaturated/α-hetero) is 1. The summed E-state index contributed by atoms with van der Waals surface area (Å²) in [7, 11) is -3.95. The monoisotopic (exact) mass is 548 g/mol. The van der Waals surface area contributed by atoms with Crippen LogP contribution in [0.1, 0.15) is 47.2 Å². The van der Waals surface area contributed by atoms with Crippen molar-refractivity contribution in [3.8, 4) is 6.07 Å². The van der Waals surface area contributed by atoms with Crippen LogP contribution in [-0.2, 0) is 27.5 Å². The number of amides is 1. The quantitative estimate of drug-likeness (QED) is 0.418. The predicted molar refractivity (Wildman–Crippen MR) is 131 cm³/mol. The van der Waals surface area contributed by atoms with Gasteiger partial charge in [-0.2, -0.15) is 22.7 Å². The van der Waals surface area contributed by atoms with Gasteiger partial charge in [0, 0.05) is 25.2 Å². The van der Waals surface area contributed by atoms with E-state index in [4.69, 9.17) is 11.0 Å². The fourth-order valence-electron chi connectivity index (χ4n) is 4.99. The fourth-order valence-corrected chi connectivity index (χ4v) is 6.57. The lowest BCUT2D eigenvalue weighted by atomic mass is 9.82. The topological polar surface area (TPSA) is 125 Å². The maximum absolute atomic E-state index is 14.0. The number of nitriles is 1. The highest BCUT2D eigenvalue weighted by Gasteiger charge is 2.50. The van der Waals surface area contributed by atoms with Crippen molar-refractivity contribution in [2.75, 3.05) is 19.6 Å². The summed E-state index contributed by atoms with van der Waals surface area (Å²) in [6.45, 7) is 0.428. The number of primary amides is 1. The van der Waals surface area contributed by atoms with Gasteiger partial charge in [-0.05, 0) is 49.2 Å². The summed E-state index contributed by atoms with van der Waals surface area (Å²) >= 11 is 0. The van der Waals surface area contributed by atoms with Gasteiger partial charge in [0.1, 0.15) is 0 Å². The molecule has 202 valence electrons. The van der Waals surface area contributed by atoms with Crippen LogP contribution in [0.25, 0.3) is 0 Å². The number of carbonyl (C=O) groups excluding carboxylic acids is 2. The van der Waals surface area contributed by atoms with Gasteiger partial charge in [0.2, 0.25) is 15.9 Å². The van der Waals surface area contributed by atoms with Crippen LogP contribution in [0.3, 0.4) is 0 Å². The van der Waals surface area contributed by atoms with E-state index in [0.29, 0.717) is 24.9 Å². The van der Waals surface area contributed by atoms with Gasteiger partial charge in [0.25, 0.3) is 0 Å². The molecule has 0 bridgehead atoms. The molecule has 0 radical (unpaired) electrons. The maximum Gasteiger partial charge on any atom is 0.416 e. The Labute approximate surface area is 218 Å². The summed E-state index contributed by atoms with van der Waals surface area (Å²) < 4.78 is 66.2. The molecule has 2 aromatic carbocycles. The first kappa shape index (κ1) is 27.8. The molecule has 2 heterocycles. The van der Waals surface area contributed by atoms with Gasteiger partial charge in [-0.1, -0.05) is 37.1 Å². The van der Waals surface area contributed by atoms with Crippen molar-refractivity contribution in [1.29, 1.82) is 5.26 Å². The number of nitrogens with two attached hydrogens (primary N) is 1. The van der Waals surface area contributed by atoms with Gasteiger partial charge in [0.05, 0.1) is 22.4 Å². The Morgan fingerprint density at radius 1 is 1.08 bits per heavy atom. The van der Waals surface area contributed by atoms with Crippen LogP contribution < -0.4 is 5.73 Å². The molecule has 1 atom stereocenters. The molecule has 2 N–H and O–H groups in total. The summed E-state index contributed by atoms with van der Waals surface area (Å²) in [4.78, 5) is 28.5. The highest BCUT2D eigenvalue weighted by Crippen LogP contribution is 2.35. The average molecular weight is 549 g/mol. The minimum atomic E-state index is -4.50. The molecule has 0 aliphatic carbocycles. The molecule has 12 heteroatoms. The Kier molecular flexibility index (Phi) is 7.65. The largest absolute Gasteiger partial charge is 0.416 e. The summed E-state index contributed by atoms with van der Waals surface area (Å²) in [5.41, 5.74) is 3.71. The van der Waals surface area contributed by atoms with Crippen LogP contribution in [0.5, 0.6) is 0 Å². The Bertz CT molecular complexity index is 1370. The number of hydrogen-bond acceptors (Lipinski definition) is 6. The molecular formula is C26H27F3N4O4S. The van der Waals surface area contributed by atoms with Gasteiger partial charge < -0.3 is 5.73 Å². The Hall–Kier alpha value is -3.27. The first-order chi connectivity index (χ1) is 17.9. The summed E-state index contributed by atoms with van der Waals surface area (Å²) in [5, 5.41) is 8.97. The fraction of sp³-hybridized carbons (Fsp3) is 0.423. The number of hydrogen-bond donors (Lipinski definition) is 1. The van der Waals surface area contributed by atoms with Crippen molar-refractivity contribution in [3.63, 3.8) is 0 Å². The number of rotatable bonds is 7. The normalized spacial score (nSPS) is 21.7. The summed E-state index contributed by atoms with van der Waals surface area (Å²) in [6.07, 6.45) is -2.53. The molecule has 0 spiro atoms. The number of benzene rings is 2. The van der Waals surface area contributed by atoms with Crippen molar-refractivity contribution in [3.05, 3.63) is 65.2 Å². The van der Waals surface area contributed by atoms with E-state index in [-0.39, 0.29) is 36.5 Å². The number of alkyl halides is 3. The second-order valence-electron chi connectivity index (χ2n) is 9.66. The molecule has 0 saturated carbocycles. The Morgan fingerprint density at radius 2 is 1.76 bits per heavy atom. The zero-order valence-corrected chi connectivity index (χ0v) is 21.3. The number of nitrogens with zero attached hydrogens (tertiary/aromatic N) is 3. The maximum atomic E-state index is 14.0. The van der Waals surface area contributed by atoms with E-state index in [1.165, 1.54) is 36.4 Å². The number of halogens is 3. The zero-order valence-electron chi connectivity index (χ0n) is 20.4. The molecule has 2 saturated heterocycles. The van der Waals surface area contributed by atoms with Gasteiger partial charge in [0.15, 0.2) is 11.3 Å². The SMILES string of the molecule is N#CC1CN(S(=O)(=O)c2cccc(C(=O)[C@@]3(C(N)=O)CCCCCN3Cc3ccc(C(F)(F)F)cc3)c2)C1. The number of carbonyl (C=O) groups is 2. The third-order valence-corrected chi connectivity index (χ3v) is 9.04. The lowest BCUT2D eigenvalue weighted by Gasteiger charge is -2.39. The number of ketones is 1. The molecule has 38 heavy (non-hydrogen) atoms. The van der Waals surface area contributed by atoms with E-state index < -0.39 is 44.9 Å². The number of sulfonamides is 1. The average Bonchev–Trinajstić information content (AvgIpc) is 3.06. The van der Waals surface area contributed by atoms with Crippen LogP contribution in [0, 0.1) is 17.2 Å². The van der Waals surface area contributed by atoms with E-state index in [1.54, 1.807) is 4.90 Å². The lowest BCUT2D eigenvalue weighted by molar-refractivity contribution is -0.137. The van der Waals surface area contributed by atoms with Crippen LogP contribution >= 0.6 is 0 Å². The first-order valence-corrected chi connectivity index (χ1v) is 13.6. The highest BCUT2D eigenvalue weighted by molar-refractivity contribution is 7.89. The predicted octanol–water partition coefficient (Wildman–Crippen LogP) is 3.33. The van der Waals surface area contributed by atoms with Crippen LogP contribution in [-0.4, -0.2) is 54.5 Å². The minimum Gasteiger partial charge on any atom is -0.368 e. The van der Waals surface area contributed by atoms with Crippen molar-refractivity contribution in [2.24, 2.45) is 11.7 Å². The van der Waals surface area contributed by atoms with Crippen LogP contribution in [0.2, 0.25) is 0 Å². The molecule has 0 unspecified atom stereocenters. The van der Waals surface area contributed by atoms with E-state index in [2.05, 4.69) is 0 Å². The number of likely N-dealkylation sites (tertiary alicyclic amines) is 1. The van der Waals surface area contributed by atoms with Gasteiger partial charge in [-0.3, -0.25) is 14.5 Å². The second kappa shape index (κ2) is 10.5. The molecule has 4 rings (SSSR count). The Morgan fingerprint density at radius 3 is 2.37 bits per heavy atom. The highest BCUT2D eigenvalue weighted by atomic mass is 32.2. The molecule has 2 aliphatic heterocycles. The summed E-state index contributed by atoms with van der Waals surface area (Å²) in [5.74, 6) is -1.95. The molecular weight excluding hydrogens is 521 g/mol.